The first-order valence-electron chi connectivity index (χ1n) is 4.75. The van der Waals surface area contributed by atoms with E-state index in [9.17, 15) is 0 Å². The lowest BCUT2D eigenvalue weighted by Gasteiger charge is -2.05. The van der Waals surface area contributed by atoms with E-state index < -0.39 is 0 Å². The summed E-state index contributed by atoms with van der Waals surface area (Å²) < 4.78 is 2.13. The van der Waals surface area contributed by atoms with Gasteiger partial charge in [-0.2, -0.15) is 9.94 Å². The smallest absolute Gasteiger partial charge is 0.218 e. The molecule has 1 atom stereocenters. The van der Waals surface area contributed by atoms with Crippen LogP contribution in [0.2, 0.25) is 0 Å². The van der Waals surface area contributed by atoms with Gasteiger partial charge in [0.05, 0.1) is 10.4 Å². The lowest BCUT2D eigenvalue weighted by Crippen LogP contribution is -2.05. The number of pyridine rings is 1. The second-order valence-corrected chi connectivity index (χ2v) is 5.37. The summed E-state index contributed by atoms with van der Waals surface area (Å²) >= 11 is 6.68. The standard InChI is InChI=1S/C10H7Br2N5/c1-6(11)9-15-10(12)16-17(9)8-3-2-7(4-13)5-14-8/h2-3,5-6H,1H3. The van der Waals surface area contributed by atoms with Gasteiger partial charge in [0.15, 0.2) is 5.82 Å². The first-order valence-corrected chi connectivity index (χ1v) is 6.45. The van der Waals surface area contributed by atoms with E-state index in [-0.39, 0.29) is 4.83 Å². The zero-order valence-electron chi connectivity index (χ0n) is 8.80. The maximum atomic E-state index is 8.71. The van der Waals surface area contributed by atoms with Gasteiger partial charge in [-0.25, -0.2) is 9.97 Å². The highest BCUT2D eigenvalue weighted by molar-refractivity contribution is 9.10. The summed E-state index contributed by atoms with van der Waals surface area (Å²) in [5, 5.41) is 12.9. The molecule has 2 heterocycles. The average Bonchev–Trinajstić information content (AvgIpc) is 2.72. The van der Waals surface area contributed by atoms with Crippen molar-refractivity contribution in [2.24, 2.45) is 0 Å². The molecule has 0 radical (unpaired) electrons. The Kier molecular flexibility index (Phi) is 3.54. The molecule has 2 aromatic heterocycles. The van der Waals surface area contributed by atoms with Crippen LogP contribution in [0.5, 0.6) is 0 Å². The fourth-order valence-electron chi connectivity index (χ4n) is 1.30. The predicted octanol–water partition coefficient (Wildman–Crippen LogP) is 2.75. The van der Waals surface area contributed by atoms with Crippen LogP contribution in [0.1, 0.15) is 23.1 Å². The molecule has 0 fully saturated rings. The van der Waals surface area contributed by atoms with E-state index in [1.165, 1.54) is 6.20 Å². The van der Waals surface area contributed by atoms with Gasteiger partial charge >= 0.3 is 0 Å². The highest BCUT2D eigenvalue weighted by Gasteiger charge is 2.15. The Hall–Kier alpha value is -1.26. The van der Waals surface area contributed by atoms with E-state index >= 15 is 0 Å². The molecule has 0 aromatic carbocycles. The Balaban J connectivity index is 2.49. The van der Waals surface area contributed by atoms with Crippen LogP contribution < -0.4 is 0 Å². The molecule has 0 aliphatic heterocycles. The van der Waals surface area contributed by atoms with E-state index in [1.807, 2.05) is 13.0 Å². The number of hydrogen-bond donors (Lipinski definition) is 0. The molecule has 0 aliphatic carbocycles. The van der Waals surface area contributed by atoms with Crippen LogP contribution in [0, 0.1) is 11.3 Å². The molecular formula is C10H7Br2N5. The van der Waals surface area contributed by atoms with Gasteiger partial charge < -0.3 is 0 Å². The van der Waals surface area contributed by atoms with E-state index in [0.717, 1.165) is 5.82 Å². The lowest BCUT2D eigenvalue weighted by molar-refractivity contribution is 0.773. The number of hydrogen-bond acceptors (Lipinski definition) is 4. The van der Waals surface area contributed by atoms with Gasteiger partial charge in [-0.3, -0.25) is 0 Å². The Morgan fingerprint density at radius 2 is 2.24 bits per heavy atom. The number of nitriles is 1. The highest BCUT2D eigenvalue weighted by atomic mass is 79.9. The van der Waals surface area contributed by atoms with Crippen molar-refractivity contribution in [1.82, 2.24) is 19.7 Å². The molecule has 0 aliphatic rings. The third kappa shape index (κ3) is 2.53. The van der Waals surface area contributed by atoms with E-state index in [0.29, 0.717) is 16.1 Å². The van der Waals surface area contributed by atoms with E-state index in [4.69, 9.17) is 5.26 Å². The average molecular weight is 357 g/mol. The van der Waals surface area contributed by atoms with Gasteiger partial charge in [0.25, 0.3) is 0 Å². The number of rotatable bonds is 2. The molecule has 0 saturated heterocycles. The third-order valence-corrected chi connectivity index (χ3v) is 2.80. The van der Waals surface area contributed by atoms with Gasteiger partial charge in [-0.05, 0) is 35.0 Å². The fourth-order valence-corrected chi connectivity index (χ4v) is 1.94. The molecule has 5 nitrogen and oxygen atoms in total. The minimum Gasteiger partial charge on any atom is -0.236 e. The minimum absolute atomic E-state index is 0.0544. The van der Waals surface area contributed by atoms with Crippen molar-refractivity contribution >= 4 is 31.9 Å². The Morgan fingerprint density at radius 3 is 2.76 bits per heavy atom. The molecule has 0 bridgehead atoms. The number of nitrogens with zero attached hydrogens (tertiary/aromatic N) is 5. The molecule has 2 rings (SSSR count). The summed E-state index contributed by atoms with van der Waals surface area (Å²) in [4.78, 5) is 8.47. The Bertz CT molecular complexity index is 567. The summed E-state index contributed by atoms with van der Waals surface area (Å²) in [6, 6.07) is 5.45. The second-order valence-electron chi connectivity index (χ2n) is 3.28. The van der Waals surface area contributed by atoms with Gasteiger partial charge in [0.2, 0.25) is 4.73 Å². The number of alkyl halides is 1. The van der Waals surface area contributed by atoms with Gasteiger partial charge in [-0.1, -0.05) is 15.9 Å². The van der Waals surface area contributed by atoms with Crippen molar-refractivity contribution in [3.63, 3.8) is 0 Å². The summed E-state index contributed by atoms with van der Waals surface area (Å²) in [5.74, 6) is 1.37. The first kappa shape index (κ1) is 12.2. The zero-order chi connectivity index (χ0) is 12.4. The fraction of sp³-hybridized carbons (Fsp3) is 0.200. The van der Waals surface area contributed by atoms with E-state index in [1.54, 1.807) is 16.8 Å². The van der Waals surface area contributed by atoms with Crippen LogP contribution in [-0.2, 0) is 0 Å². The second kappa shape index (κ2) is 4.94. The molecule has 7 heteroatoms. The molecule has 17 heavy (non-hydrogen) atoms. The number of halogens is 2. The summed E-state index contributed by atoms with van der Waals surface area (Å²) in [6.07, 6.45) is 1.51. The summed E-state index contributed by atoms with van der Waals surface area (Å²) in [7, 11) is 0. The maximum absolute atomic E-state index is 8.71. The molecule has 86 valence electrons. The summed E-state index contributed by atoms with van der Waals surface area (Å²) in [6.45, 7) is 1.95. The van der Waals surface area contributed by atoms with Crippen LogP contribution in [0.25, 0.3) is 5.82 Å². The van der Waals surface area contributed by atoms with Crippen LogP contribution in [-0.4, -0.2) is 19.7 Å². The van der Waals surface area contributed by atoms with Crippen LogP contribution >= 0.6 is 31.9 Å². The van der Waals surface area contributed by atoms with Crippen molar-refractivity contribution in [3.05, 3.63) is 34.5 Å². The largest absolute Gasteiger partial charge is 0.236 e. The molecule has 0 spiro atoms. The van der Waals surface area contributed by atoms with Crippen LogP contribution in [0.15, 0.2) is 23.1 Å². The topological polar surface area (TPSA) is 67.4 Å². The van der Waals surface area contributed by atoms with Gasteiger partial charge in [0, 0.05) is 6.20 Å². The quantitative estimate of drug-likeness (QED) is 0.776. The molecule has 0 amide bonds. The zero-order valence-corrected chi connectivity index (χ0v) is 12.0. The van der Waals surface area contributed by atoms with Crippen molar-refractivity contribution in [2.75, 3.05) is 0 Å². The molecule has 2 aromatic rings. The molecule has 1 unspecified atom stereocenters. The first-order chi connectivity index (χ1) is 8.11. The van der Waals surface area contributed by atoms with E-state index in [2.05, 4.69) is 46.9 Å². The van der Waals surface area contributed by atoms with Crippen molar-refractivity contribution < 1.29 is 0 Å². The maximum Gasteiger partial charge on any atom is 0.218 e. The monoisotopic (exact) mass is 355 g/mol. The number of aromatic nitrogens is 4. The van der Waals surface area contributed by atoms with Gasteiger partial charge in [0.1, 0.15) is 11.9 Å². The van der Waals surface area contributed by atoms with Gasteiger partial charge in [-0.15, -0.1) is 5.10 Å². The predicted molar refractivity (Wildman–Crippen MR) is 68.9 cm³/mol. The Morgan fingerprint density at radius 1 is 1.47 bits per heavy atom. The minimum atomic E-state index is 0.0544. The lowest BCUT2D eigenvalue weighted by atomic mass is 10.3. The Labute approximate surface area is 115 Å². The third-order valence-electron chi connectivity index (χ3n) is 2.06. The molecule has 0 saturated carbocycles. The SMILES string of the molecule is CC(Br)c1nc(Br)nn1-c1ccc(C#N)cn1. The van der Waals surface area contributed by atoms with Crippen molar-refractivity contribution in [1.29, 1.82) is 5.26 Å². The summed E-state index contributed by atoms with van der Waals surface area (Å²) in [5.41, 5.74) is 0.515. The normalized spacial score (nSPS) is 12.1. The van der Waals surface area contributed by atoms with Crippen molar-refractivity contribution in [2.45, 2.75) is 11.8 Å². The highest BCUT2D eigenvalue weighted by Crippen LogP contribution is 2.23. The van der Waals surface area contributed by atoms with Crippen LogP contribution in [0.3, 0.4) is 0 Å². The van der Waals surface area contributed by atoms with Crippen LogP contribution in [0.4, 0.5) is 0 Å². The molecule has 0 N–H and O–H groups in total. The van der Waals surface area contributed by atoms with Crippen molar-refractivity contribution in [3.8, 4) is 11.9 Å². The molecular weight excluding hydrogens is 350 g/mol.